The van der Waals surface area contributed by atoms with Gasteiger partial charge in [0.05, 0.1) is 6.10 Å². The molecule has 0 radical (unpaired) electrons. The molecule has 2 aliphatic rings. The molecular weight excluding hydrogens is 418 g/mol. The molecule has 0 aromatic carbocycles. The lowest BCUT2D eigenvalue weighted by molar-refractivity contribution is -0.146. The van der Waals surface area contributed by atoms with Crippen LogP contribution >= 0.6 is 0 Å². The highest BCUT2D eigenvalue weighted by Gasteiger charge is 2.61. The Morgan fingerprint density at radius 1 is 1.16 bits per heavy atom. The molecule has 32 heavy (non-hydrogen) atoms. The van der Waals surface area contributed by atoms with Gasteiger partial charge in [-0.1, -0.05) is 34.1 Å². The molecule has 10 heteroatoms. The van der Waals surface area contributed by atoms with Crippen molar-refractivity contribution in [2.24, 2.45) is 11.3 Å². The summed E-state index contributed by atoms with van der Waals surface area (Å²) < 4.78 is 5.28. The molecule has 5 atom stereocenters. The molecule has 2 rings (SSSR count). The summed E-state index contributed by atoms with van der Waals surface area (Å²) >= 11 is 0. The van der Waals surface area contributed by atoms with Crippen LogP contribution in [0.4, 0.5) is 4.79 Å². The number of carbonyl (C=O) groups excluding carboxylic acids is 3. The lowest BCUT2D eigenvalue weighted by Gasteiger charge is -2.35. The molecule has 182 valence electrons. The topological polar surface area (TPSA) is 145 Å². The maximum Gasteiger partial charge on any atom is 0.408 e. The van der Waals surface area contributed by atoms with Gasteiger partial charge < -0.3 is 30.5 Å². The molecule has 3 amide bonds. The zero-order valence-corrected chi connectivity index (χ0v) is 20.0. The number of carbonyl (C=O) groups is 4. The number of ether oxygens (including phenoxy) is 1. The molecule has 10 nitrogen and oxygen atoms in total. The number of β-amino-alcohol motifs (C(OH)–C–C–N with tert-alkyl or cyclic N) is 1. The van der Waals surface area contributed by atoms with E-state index in [0.29, 0.717) is 12.8 Å². The fourth-order valence-corrected chi connectivity index (χ4v) is 4.14. The van der Waals surface area contributed by atoms with Crippen molar-refractivity contribution in [2.75, 3.05) is 6.54 Å². The molecule has 4 N–H and O–H groups in total. The number of aliphatic hydroxyl groups excluding tert-OH is 1. The van der Waals surface area contributed by atoms with Gasteiger partial charge >= 0.3 is 12.1 Å². The van der Waals surface area contributed by atoms with Gasteiger partial charge in [-0.3, -0.25) is 9.59 Å². The summed E-state index contributed by atoms with van der Waals surface area (Å²) in [5.74, 6) is -2.42. The first-order chi connectivity index (χ1) is 14.5. The van der Waals surface area contributed by atoms with Crippen molar-refractivity contribution in [3.8, 4) is 0 Å². The Hall–Kier alpha value is -2.36. The molecule has 1 saturated carbocycles. The van der Waals surface area contributed by atoms with E-state index < -0.39 is 58.6 Å². The van der Waals surface area contributed by atoms with Crippen molar-refractivity contribution in [3.63, 3.8) is 0 Å². The van der Waals surface area contributed by atoms with Gasteiger partial charge in [0.2, 0.25) is 11.8 Å². The van der Waals surface area contributed by atoms with E-state index in [-0.39, 0.29) is 18.9 Å². The minimum Gasteiger partial charge on any atom is -0.479 e. The molecule has 2 fully saturated rings. The predicted molar refractivity (Wildman–Crippen MR) is 116 cm³/mol. The van der Waals surface area contributed by atoms with Crippen LogP contribution in [0.25, 0.3) is 0 Å². The van der Waals surface area contributed by atoms with Crippen LogP contribution in [0.2, 0.25) is 0 Å². The first-order valence-electron chi connectivity index (χ1n) is 11.0. The number of nitrogens with one attached hydrogen (secondary N) is 2. The highest BCUT2D eigenvalue weighted by molar-refractivity contribution is 5.96. The average Bonchev–Trinajstić information content (AvgIpc) is 3.20. The Balaban J connectivity index is 2.21. The number of aliphatic hydroxyl groups is 1. The minimum atomic E-state index is -1.33. The molecule has 1 aliphatic heterocycles. The van der Waals surface area contributed by atoms with Crippen LogP contribution in [0.3, 0.4) is 0 Å². The summed E-state index contributed by atoms with van der Waals surface area (Å²) in [5, 5.41) is 25.0. The Labute approximate surface area is 189 Å². The number of carboxylic acid groups (broad SMARTS) is 1. The molecule has 1 heterocycles. The Morgan fingerprint density at radius 2 is 1.75 bits per heavy atom. The second kappa shape index (κ2) is 8.88. The summed E-state index contributed by atoms with van der Waals surface area (Å²) in [4.78, 5) is 51.8. The normalized spacial score (nSPS) is 28.6. The van der Waals surface area contributed by atoms with Crippen molar-refractivity contribution in [2.45, 2.75) is 97.1 Å². The maximum atomic E-state index is 13.4. The first-order valence-corrected chi connectivity index (χ1v) is 11.0. The van der Waals surface area contributed by atoms with Gasteiger partial charge in [0.1, 0.15) is 23.2 Å². The van der Waals surface area contributed by atoms with Gasteiger partial charge in [-0.15, -0.1) is 0 Å². The summed E-state index contributed by atoms with van der Waals surface area (Å²) in [6.07, 6.45) is -0.764. The van der Waals surface area contributed by atoms with Crippen LogP contribution in [0, 0.1) is 11.3 Å². The second-order valence-corrected chi connectivity index (χ2v) is 10.9. The van der Waals surface area contributed by atoms with E-state index in [4.69, 9.17) is 4.74 Å². The first kappa shape index (κ1) is 25.9. The fourth-order valence-electron chi connectivity index (χ4n) is 4.14. The Morgan fingerprint density at radius 3 is 2.19 bits per heavy atom. The molecule has 1 aliphatic carbocycles. The summed E-state index contributed by atoms with van der Waals surface area (Å²) in [5.41, 5.74) is -2.80. The number of hydrogen-bond donors (Lipinski definition) is 4. The van der Waals surface area contributed by atoms with Crippen LogP contribution in [0.5, 0.6) is 0 Å². The SMILES string of the molecule is CC[C@@H]1C[C@]1(NC(=O)C1C[C@@H](O)CN1C(=O)[C@@H](NC(=O)OC(C)(C)C)C(C)(C)C)C(=O)O. The number of nitrogens with zero attached hydrogens (tertiary/aromatic N) is 1. The van der Waals surface area contributed by atoms with E-state index in [1.54, 1.807) is 41.5 Å². The maximum absolute atomic E-state index is 13.4. The number of likely N-dealkylation sites (tertiary alicyclic amines) is 1. The van der Waals surface area contributed by atoms with Gasteiger partial charge in [-0.2, -0.15) is 0 Å². The zero-order chi connectivity index (χ0) is 24.6. The van der Waals surface area contributed by atoms with E-state index in [9.17, 15) is 29.4 Å². The average molecular weight is 456 g/mol. The standard InChI is InChI=1S/C22H37N3O7/c1-8-12-10-22(12,18(29)30)24-16(27)14-9-13(26)11-25(14)17(28)15(20(2,3)4)23-19(31)32-21(5,6)7/h12-15,26H,8-11H2,1-7H3,(H,23,31)(H,24,27)(H,29,30)/t12-,13-,14?,15-,22-/m1/s1. The largest absolute Gasteiger partial charge is 0.479 e. The van der Waals surface area contributed by atoms with Gasteiger partial charge in [-0.05, 0) is 38.5 Å². The fraction of sp³-hybridized carbons (Fsp3) is 0.818. The number of carboxylic acids is 1. The van der Waals surface area contributed by atoms with Crippen molar-refractivity contribution < 1.29 is 34.1 Å². The van der Waals surface area contributed by atoms with E-state index in [1.807, 2.05) is 6.92 Å². The Bertz CT molecular complexity index is 770. The van der Waals surface area contributed by atoms with Crippen LogP contribution in [0.1, 0.15) is 67.7 Å². The summed E-state index contributed by atoms with van der Waals surface area (Å²) in [7, 11) is 0. The molecule has 1 saturated heterocycles. The van der Waals surface area contributed by atoms with Crippen molar-refractivity contribution >= 4 is 23.9 Å². The van der Waals surface area contributed by atoms with Gasteiger partial charge in [0.25, 0.3) is 0 Å². The van der Waals surface area contributed by atoms with Gasteiger partial charge in [0, 0.05) is 13.0 Å². The molecule has 0 aromatic rings. The van der Waals surface area contributed by atoms with Crippen LogP contribution in [-0.4, -0.2) is 74.9 Å². The van der Waals surface area contributed by atoms with E-state index >= 15 is 0 Å². The van der Waals surface area contributed by atoms with Crippen LogP contribution in [-0.2, 0) is 19.1 Å². The van der Waals surface area contributed by atoms with Crippen LogP contribution in [0.15, 0.2) is 0 Å². The smallest absolute Gasteiger partial charge is 0.408 e. The highest BCUT2D eigenvalue weighted by atomic mass is 16.6. The molecular formula is C22H37N3O7. The van der Waals surface area contributed by atoms with E-state index in [2.05, 4.69) is 10.6 Å². The van der Waals surface area contributed by atoms with E-state index in [1.165, 1.54) is 4.90 Å². The number of hydrogen-bond acceptors (Lipinski definition) is 6. The van der Waals surface area contributed by atoms with Crippen molar-refractivity contribution in [1.82, 2.24) is 15.5 Å². The van der Waals surface area contributed by atoms with Crippen molar-refractivity contribution in [1.29, 1.82) is 0 Å². The zero-order valence-electron chi connectivity index (χ0n) is 20.0. The highest BCUT2D eigenvalue weighted by Crippen LogP contribution is 2.46. The lowest BCUT2D eigenvalue weighted by Crippen LogP contribution is -2.59. The molecule has 0 aromatic heterocycles. The van der Waals surface area contributed by atoms with Gasteiger partial charge in [-0.25, -0.2) is 9.59 Å². The van der Waals surface area contributed by atoms with E-state index in [0.717, 1.165) is 0 Å². The van der Waals surface area contributed by atoms with Crippen LogP contribution < -0.4 is 10.6 Å². The lowest BCUT2D eigenvalue weighted by atomic mass is 9.85. The third-order valence-electron chi connectivity index (χ3n) is 5.96. The molecule has 0 bridgehead atoms. The summed E-state index contributed by atoms with van der Waals surface area (Å²) in [6.45, 7) is 12.2. The number of aliphatic carboxylic acids is 1. The third-order valence-corrected chi connectivity index (χ3v) is 5.96. The summed E-state index contributed by atoms with van der Waals surface area (Å²) in [6, 6.07) is -2.05. The molecule has 0 spiro atoms. The van der Waals surface area contributed by atoms with Crippen molar-refractivity contribution in [3.05, 3.63) is 0 Å². The quantitative estimate of drug-likeness (QED) is 0.472. The molecule has 1 unspecified atom stereocenters. The monoisotopic (exact) mass is 455 g/mol. The number of amides is 3. The predicted octanol–water partition coefficient (Wildman–Crippen LogP) is 1.26. The minimum absolute atomic E-state index is 0.00658. The second-order valence-electron chi connectivity index (χ2n) is 10.9. The number of rotatable bonds is 6. The Kier molecular flexibility index (Phi) is 7.19. The van der Waals surface area contributed by atoms with Gasteiger partial charge in [0.15, 0.2) is 0 Å². The number of alkyl carbamates (subject to hydrolysis) is 1. The third kappa shape index (κ3) is 5.70.